The summed E-state index contributed by atoms with van der Waals surface area (Å²) in [4.78, 5) is 1.47. The third-order valence-corrected chi connectivity index (χ3v) is 3.33. The van der Waals surface area contributed by atoms with Gasteiger partial charge < -0.3 is 15.4 Å². The first-order chi connectivity index (χ1) is 9.49. The van der Waals surface area contributed by atoms with Gasteiger partial charge in [-0.05, 0) is 30.9 Å². The second-order valence-corrected chi connectivity index (χ2v) is 5.14. The minimum atomic E-state index is -0.722. The molecule has 0 heterocycles. The summed E-state index contributed by atoms with van der Waals surface area (Å²) in [6, 6.07) is 2.14. The number of nitrogens with zero attached hydrogens (tertiary/aromatic N) is 1. The Morgan fingerprint density at radius 3 is 2.50 bits per heavy atom. The van der Waals surface area contributed by atoms with Gasteiger partial charge in [-0.25, -0.2) is 8.78 Å². The van der Waals surface area contributed by atoms with Gasteiger partial charge in [0.05, 0.1) is 6.61 Å². The highest BCUT2D eigenvalue weighted by Crippen LogP contribution is 2.29. The Kier molecular flexibility index (Phi) is 4.54. The monoisotopic (exact) mass is 283 g/mol. The zero-order valence-corrected chi connectivity index (χ0v) is 11.5. The Morgan fingerprint density at radius 1 is 1.40 bits per heavy atom. The number of nitrogens with two attached hydrogens (primary N) is 1. The van der Waals surface area contributed by atoms with Crippen LogP contribution in [0.4, 0.5) is 14.5 Å². The van der Waals surface area contributed by atoms with Gasteiger partial charge in [0.1, 0.15) is 23.2 Å². The summed E-state index contributed by atoms with van der Waals surface area (Å²) in [6.07, 6.45) is 2.43. The zero-order valence-electron chi connectivity index (χ0n) is 11.5. The third kappa shape index (κ3) is 3.66. The van der Waals surface area contributed by atoms with E-state index in [1.54, 1.807) is 7.05 Å². The van der Waals surface area contributed by atoms with Gasteiger partial charge in [-0.2, -0.15) is 0 Å². The van der Waals surface area contributed by atoms with Crippen molar-refractivity contribution >= 4 is 11.5 Å². The van der Waals surface area contributed by atoms with Crippen molar-refractivity contribution in [1.82, 2.24) is 0 Å². The summed E-state index contributed by atoms with van der Waals surface area (Å²) >= 11 is 0. The van der Waals surface area contributed by atoms with Crippen molar-refractivity contribution < 1.29 is 13.5 Å². The maximum atomic E-state index is 13.9. The second kappa shape index (κ2) is 6.17. The van der Waals surface area contributed by atoms with Gasteiger partial charge in [-0.1, -0.05) is 0 Å². The Bertz CT molecular complexity index is 480. The normalized spacial score (nSPS) is 14.3. The van der Waals surface area contributed by atoms with Gasteiger partial charge in [0, 0.05) is 25.8 Å². The van der Waals surface area contributed by atoms with Crippen LogP contribution in [0.25, 0.3) is 0 Å². The lowest BCUT2D eigenvalue weighted by molar-refractivity contribution is 0.130. The number of amidine groups is 1. The van der Waals surface area contributed by atoms with E-state index in [1.165, 1.54) is 17.7 Å². The highest BCUT2D eigenvalue weighted by atomic mass is 19.1. The topological polar surface area (TPSA) is 62.3 Å². The van der Waals surface area contributed by atoms with E-state index >= 15 is 0 Å². The molecule has 0 bridgehead atoms. The van der Waals surface area contributed by atoms with E-state index in [1.807, 2.05) is 0 Å². The fourth-order valence-electron chi connectivity index (χ4n) is 1.93. The minimum absolute atomic E-state index is 0.0436. The van der Waals surface area contributed by atoms with Gasteiger partial charge in [0.25, 0.3) is 0 Å². The molecule has 1 saturated carbocycles. The molecule has 1 aliphatic carbocycles. The number of nitrogens with one attached hydrogen (secondary N) is 1. The Labute approximate surface area is 117 Å². The molecule has 0 unspecified atom stereocenters. The van der Waals surface area contributed by atoms with Crippen LogP contribution in [0, 0.1) is 23.0 Å². The summed E-state index contributed by atoms with van der Waals surface area (Å²) in [6.45, 7) is 1.56. The summed E-state index contributed by atoms with van der Waals surface area (Å²) in [5.41, 5.74) is 5.15. The van der Waals surface area contributed by atoms with Gasteiger partial charge in [0.2, 0.25) is 0 Å². The second-order valence-electron chi connectivity index (χ2n) is 5.14. The van der Waals surface area contributed by atoms with Crippen LogP contribution in [-0.4, -0.2) is 32.6 Å². The number of ether oxygens (including phenoxy) is 1. The van der Waals surface area contributed by atoms with E-state index in [2.05, 4.69) is 0 Å². The van der Waals surface area contributed by atoms with Crippen molar-refractivity contribution in [3.63, 3.8) is 0 Å². The van der Waals surface area contributed by atoms with Gasteiger partial charge in [-0.3, -0.25) is 5.41 Å². The molecular formula is C14H19F2N3O. The molecule has 0 radical (unpaired) electrons. The molecule has 20 heavy (non-hydrogen) atoms. The molecule has 1 aromatic rings. The molecule has 0 spiro atoms. The standard InChI is InChI=1S/C14H19F2N3O/c1-19(4-5-20-8-9-2-3-9)13-11(15)6-10(14(17)18)7-12(13)16/h6-7,9H,2-5,8H2,1H3,(H3,17,18). The van der Waals surface area contributed by atoms with Crippen molar-refractivity contribution in [2.45, 2.75) is 12.8 Å². The molecule has 0 aromatic heterocycles. The van der Waals surface area contributed by atoms with E-state index in [0.29, 0.717) is 19.1 Å². The first-order valence-corrected chi connectivity index (χ1v) is 6.61. The number of rotatable bonds is 7. The summed E-state index contributed by atoms with van der Waals surface area (Å²) < 4.78 is 33.2. The molecule has 6 heteroatoms. The van der Waals surface area contributed by atoms with Gasteiger partial charge >= 0.3 is 0 Å². The Hall–Kier alpha value is -1.69. The van der Waals surface area contributed by atoms with Crippen LogP contribution in [-0.2, 0) is 4.74 Å². The lowest BCUT2D eigenvalue weighted by atomic mass is 10.1. The van der Waals surface area contributed by atoms with E-state index in [0.717, 1.165) is 18.7 Å². The molecule has 2 rings (SSSR count). The first-order valence-electron chi connectivity index (χ1n) is 6.61. The number of hydrogen-bond acceptors (Lipinski definition) is 3. The maximum absolute atomic E-state index is 13.9. The average molecular weight is 283 g/mol. The fraction of sp³-hybridized carbons (Fsp3) is 0.500. The number of halogens is 2. The van der Waals surface area contributed by atoms with Crippen molar-refractivity contribution in [2.24, 2.45) is 11.7 Å². The predicted molar refractivity (Wildman–Crippen MR) is 74.2 cm³/mol. The summed E-state index contributed by atoms with van der Waals surface area (Å²) in [5.74, 6) is -1.13. The number of benzene rings is 1. The summed E-state index contributed by atoms with van der Waals surface area (Å²) in [7, 11) is 1.61. The zero-order chi connectivity index (χ0) is 14.7. The molecule has 0 atom stereocenters. The van der Waals surface area contributed by atoms with Crippen LogP contribution in [0.3, 0.4) is 0 Å². The molecule has 1 aliphatic rings. The van der Waals surface area contributed by atoms with Crippen LogP contribution in [0.5, 0.6) is 0 Å². The van der Waals surface area contributed by atoms with E-state index in [-0.39, 0.29) is 17.1 Å². The molecule has 1 fully saturated rings. The van der Waals surface area contributed by atoms with Crippen molar-refractivity contribution in [3.05, 3.63) is 29.3 Å². The van der Waals surface area contributed by atoms with Crippen LogP contribution in [0.15, 0.2) is 12.1 Å². The fourth-order valence-corrected chi connectivity index (χ4v) is 1.93. The molecule has 3 N–H and O–H groups in total. The molecule has 4 nitrogen and oxygen atoms in total. The van der Waals surface area contributed by atoms with Crippen LogP contribution >= 0.6 is 0 Å². The van der Waals surface area contributed by atoms with Gasteiger partial charge in [0.15, 0.2) is 0 Å². The number of hydrogen-bond donors (Lipinski definition) is 2. The van der Waals surface area contributed by atoms with Crippen LogP contribution in [0.1, 0.15) is 18.4 Å². The van der Waals surface area contributed by atoms with E-state index in [4.69, 9.17) is 15.9 Å². The van der Waals surface area contributed by atoms with Crippen LogP contribution < -0.4 is 10.6 Å². The largest absolute Gasteiger partial charge is 0.384 e. The number of anilines is 1. The molecule has 110 valence electrons. The highest BCUT2D eigenvalue weighted by molar-refractivity contribution is 5.95. The molecule has 1 aromatic carbocycles. The smallest absolute Gasteiger partial charge is 0.150 e. The lowest BCUT2D eigenvalue weighted by Gasteiger charge is -2.21. The average Bonchev–Trinajstić information content (AvgIpc) is 3.17. The number of nitrogen functional groups attached to an aromatic ring is 1. The maximum Gasteiger partial charge on any atom is 0.150 e. The highest BCUT2D eigenvalue weighted by Gasteiger charge is 2.21. The van der Waals surface area contributed by atoms with Crippen molar-refractivity contribution in [2.75, 3.05) is 31.7 Å². The van der Waals surface area contributed by atoms with E-state index < -0.39 is 11.6 Å². The minimum Gasteiger partial charge on any atom is -0.384 e. The predicted octanol–water partition coefficient (Wildman–Crippen LogP) is 2.11. The third-order valence-electron chi connectivity index (χ3n) is 3.33. The van der Waals surface area contributed by atoms with Crippen LogP contribution in [0.2, 0.25) is 0 Å². The Balaban J connectivity index is 1.97. The SMILES string of the molecule is CN(CCOCC1CC1)c1c(F)cc(C(=N)N)cc1F. The van der Waals surface area contributed by atoms with Gasteiger partial charge in [-0.15, -0.1) is 0 Å². The first kappa shape index (κ1) is 14.7. The Morgan fingerprint density at radius 2 is 2.00 bits per heavy atom. The van der Waals surface area contributed by atoms with Crippen molar-refractivity contribution in [3.8, 4) is 0 Å². The summed E-state index contributed by atoms with van der Waals surface area (Å²) in [5, 5.41) is 7.20. The number of likely N-dealkylation sites (N-methyl/N-ethyl adjacent to an activating group) is 1. The molecule has 0 amide bonds. The molecular weight excluding hydrogens is 264 g/mol. The van der Waals surface area contributed by atoms with E-state index in [9.17, 15) is 8.78 Å². The molecule has 0 aliphatic heterocycles. The van der Waals surface area contributed by atoms with Crippen molar-refractivity contribution in [1.29, 1.82) is 5.41 Å². The quantitative estimate of drug-likeness (QED) is 0.458. The molecule has 0 saturated heterocycles. The lowest BCUT2D eigenvalue weighted by Crippen LogP contribution is -2.25.